The first-order valence-corrected chi connectivity index (χ1v) is 6.24. The molecular weight excluding hydrogens is 214 g/mol. The van der Waals surface area contributed by atoms with E-state index in [1.54, 1.807) is 6.20 Å². The summed E-state index contributed by atoms with van der Waals surface area (Å²) < 4.78 is 5.72. The smallest absolute Gasteiger partial charge is 0.0702 e. The number of anilines is 1. The van der Waals surface area contributed by atoms with E-state index < -0.39 is 0 Å². The lowest BCUT2D eigenvalue weighted by atomic mass is 10.1. The van der Waals surface area contributed by atoms with Gasteiger partial charge in [0.1, 0.15) is 0 Å². The molecule has 2 heterocycles. The van der Waals surface area contributed by atoms with Crippen LogP contribution >= 0.6 is 0 Å². The van der Waals surface area contributed by atoms with Crippen LogP contribution < -0.4 is 5.73 Å². The van der Waals surface area contributed by atoms with Gasteiger partial charge in [0.05, 0.1) is 11.8 Å². The molecule has 4 heteroatoms. The third-order valence-corrected chi connectivity index (χ3v) is 3.06. The summed E-state index contributed by atoms with van der Waals surface area (Å²) in [6, 6.07) is 3.74. The number of hydrogen-bond acceptors (Lipinski definition) is 4. The van der Waals surface area contributed by atoms with Crippen molar-refractivity contribution in [2.45, 2.75) is 31.9 Å². The molecule has 0 amide bonds. The maximum absolute atomic E-state index is 5.74. The Balaban J connectivity index is 1.82. The van der Waals surface area contributed by atoms with E-state index in [4.69, 9.17) is 10.5 Å². The van der Waals surface area contributed by atoms with Crippen LogP contribution in [0, 0.1) is 0 Å². The molecule has 0 aliphatic carbocycles. The summed E-state index contributed by atoms with van der Waals surface area (Å²) in [5.41, 5.74) is 7.53. The first-order chi connectivity index (χ1) is 8.24. The normalized spacial score (nSPS) is 20.7. The third-order valence-electron chi connectivity index (χ3n) is 3.06. The molecule has 2 N–H and O–H groups in total. The van der Waals surface area contributed by atoms with Crippen LogP contribution in [0.25, 0.3) is 0 Å². The number of ether oxygens (including phenoxy) is 1. The van der Waals surface area contributed by atoms with Gasteiger partial charge in [-0.25, -0.2) is 0 Å². The van der Waals surface area contributed by atoms with Gasteiger partial charge in [-0.2, -0.15) is 0 Å². The Morgan fingerprint density at radius 1 is 1.53 bits per heavy atom. The van der Waals surface area contributed by atoms with E-state index in [0.29, 0.717) is 6.10 Å². The minimum atomic E-state index is 0.384. The molecule has 94 valence electrons. The molecule has 0 aromatic carbocycles. The molecule has 0 bridgehead atoms. The van der Waals surface area contributed by atoms with Gasteiger partial charge >= 0.3 is 0 Å². The van der Waals surface area contributed by atoms with Crippen LogP contribution in [0.1, 0.15) is 25.0 Å². The van der Waals surface area contributed by atoms with Gasteiger partial charge in [-0.1, -0.05) is 0 Å². The van der Waals surface area contributed by atoms with Gasteiger partial charge in [-0.15, -0.1) is 0 Å². The van der Waals surface area contributed by atoms with E-state index in [0.717, 1.165) is 31.1 Å². The fourth-order valence-electron chi connectivity index (χ4n) is 2.22. The van der Waals surface area contributed by atoms with E-state index in [-0.39, 0.29) is 0 Å². The van der Waals surface area contributed by atoms with Gasteiger partial charge in [0.2, 0.25) is 0 Å². The Morgan fingerprint density at radius 2 is 2.41 bits per heavy atom. The van der Waals surface area contributed by atoms with Gasteiger partial charge in [-0.3, -0.25) is 9.88 Å². The van der Waals surface area contributed by atoms with E-state index >= 15 is 0 Å². The van der Waals surface area contributed by atoms with Crippen LogP contribution in [0.15, 0.2) is 18.3 Å². The van der Waals surface area contributed by atoms with Crippen LogP contribution in [0.4, 0.5) is 5.69 Å². The molecule has 0 spiro atoms. The zero-order valence-electron chi connectivity index (χ0n) is 10.4. The molecule has 1 aromatic heterocycles. The second kappa shape index (κ2) is 5.98. The monoisotopic (exact) mass is 235 g/mol. The highest BCUT2D eigenvalue weighted by molar-refractivity contribution is 5.37. The first-order valence-electron chi connectivity index (χ1n) is 6.24. The van der Waals surface area contributed by atoms with Gasteiger partial charge < -0.3 is 10.5 Å². The molecule has 1 aliphatic rings. The van der Waals surface area contributed by atoms with Gasteiger partial charge in [0, 0.05) is 31.6 Å². The summed E-state index contributed by atoms with van der Waals surface area (Å²) in [6.07, 6.45) is 5.81. The van der Waals surface area contributed by atoms with E-state index in [9.17, 15) is 0 Å². The van der Waals surface area contributed by atoms with Crippen molar-refractivity contribution in [1.82, 2.24) is 9.88 Å². The Bertz CT molecular complexity index is 350. The van der Waals surface area contributed by atoms with Gasteiger partial charge in [0.25, 0.3) is 0 Å². The highest BCUT2D eigenvalue weighted by Crippen LogP contribution is 2.14. The molecule has 0 saturated carbocycles. The fraction of sp³-hybridized carbons (Fsp3) is 0.615. The Morgan fingerprint density at radius 3 is 3.12 bits per heavy atom. The van der Waals surface area contributed by atoms with Crippen LogP contribution in [-0.2, 0) is 11.3 Å². The van der Waals surface area contributed by atoms with Gasteiger partial charge in [0.15, 0.2) is 0 Å². The van der Waals surface area contributed by atoms with Crippen LogP contribution in [-0.4, -0.2) is 36.2 Å². The van der Waals surface area contributed by atoms with Crippen molar-refractivity contribution in [3.8, 4) is 0 Å². The standard InChI is InChI=1S/C13H21N3O/c1-16(10-13-4-2-3-7-17-13)9-12-8-11(14)5-6-15-12/h5-6,8,13H,2-4,7,9-10H2,1H3,(H2,14,15). The van der Waals surface area contributed by atoms with Crippen LogP contribution in [0.2, 0.25) is 0 Å². The molecular formula is C13H21N3O. The summed E-state index contributed by atoms with van der Waals surface area (Å²) in [4.78, 5) is 6.56. The molecule has 1 atom stereocenters. The van der Waals surface area contributed by atoms with E-state index in [2.05, 4.69) is 16.9 Å². The molecule has 1 unspecified atom stereocenters. The molecule has 2 rings (SSSR count). The van der Waals surface area contributed by atoms with Crippen LogP contribution in [0.5, 0.6) is 0 Å². The quantitative estimate of drug-likeness (QED) is 0.862. The summed E-state index contributed by atoms with van der Waals surface area (Å²) >= 11 is 0. The number of hydrogen-bond donors (Lipinski definition) is 1. The van der Waals surface area contributed by atoms with Crippen molar-refractivity contribution in [2.75, 3.05) is 25.9 Å². The predicted octanol–water partition coefficient (Wildman–Crippen LogP) is 1.66. The lowest BCUT2D eigenvalue weighted by molar-refractivity contribution is -0.00274. The second-order valence-electron chi connectivity index (χ2n) is 4.77. The summed E-state index contributed by atoms with van der Waals surface area (Å²) in [5.74, 6) is 0. The number of nitrogen functional groups attached to an aromatic ring is 1. The average Bonchev–Trinajstić information content (AvgIpc) is 2.30. The Kier molecular flexibility index (Phi) is 4.34. The Labute approximate surface area is 103 Å². The maximum Gasteiger partial charge on any atom is 0.0702 e. The van der Waals surface area contributed by atoms with Crippen molar-refractivity contribution in [1.29, 1.82) is 0 Å². The molecule has 1 aliphatic heterocycles. The van der Waals surface area contributed by atoms with Crippen LogP contribution in [0.3, 0.4) is 0 Å². The molecule has 17 heavy (non-hydrogen) atoms. The zero-order valence-corrected chi connectivity index (χ0v) is 10.4. The predicted molar refractivity (Wildman–Crippen MR) is 68.6 cm³/mol. The minimum absolute atomic E-state index is 0.384. The summed E-state index contributed by atoms with van der Waals surface area (Å²) in [5, 5.41) is 0. The average molecular weight is 235 g/mol. The lowest BCUT2D eigenvalue weighted by Crippen LogP contribution is -2.33. The third kappa shape index (κ3) is 3.98. The first kappa shape index (κ1) is 12.3. The summed E-state index contributed by atoms with van der Waals surface area (Å²) in [7, 11) is 2.10. The van der Waals surface area contributed by atoms with E-state index in [1.165, 1.54) is 19.3 Å². The minimum Gasteiger partial charge on any atom is -0.399 e. The maximum atomic E-state index is 5.74. The molecule has 1 fully saturated rings. The number of aromatic nitrogens is 1. The number of nitrogens with zero attached hydrogens (tertiary/aromatic N) is 2. The number of pyridine rings is 1. The van der Waals surface area contributed by atoms with Crippen molar-refractivity contribution in [2.24, 2.45) is 0 Å². The lowest BCUT2D eigenvalue weighted by Gasteiger charge is -2.27. The molecule has 1 aromatic rings. The number of likely N-dealkylation sites (N-methyl/N-ethyl adjacent to an activating group) is 1. The topological polar surface area (TPSA) is 51.4 Å². The highest BCUT2D eigenvalue weighted by atomic mass is 16.5. The van der Waals surface area contributed by atoms with Gasteiger partial charge in [-0.05, 0) is 38.4 Å². The largest absolute Gasteiger partial charge is 0.399 e. The SMILES string of the molecule is CN(Cc1cc(N)ccn1)CC1CCCCO1. The van der Waals surface area contributed by atoms with Crippen molar-refractivity contribution in [3.05, 3.63) is 24.0 Å². The molecule has 4 nitrogen and oxygen atoms in total. The second-order valence-corrected chi connectivity index (χ2v) is 4.77. The van der Waals surface area contributed by atoms with Crippen molar-refractivity contribution >= 4 is 5.69 Å². The number of rotatable bonds is 4. The molecule has 1 saturated heterocycles. The van der Waals surface area contributed by atoms with Crippen molar-refractivity contribution < 1.29 is 4.74 Å². The molecule has 0 radical (unpaired) electrons. The zero-order chi connectivity index (χ0) is 12.1. The fourth-order valence-corrected chi connectivity index (χ4v) is 2.22. The number of nitrogens with two attached hydrogens (primary N) is 1. The Hall–Kier alpha value is -1.13. The van der Waals surface area contributed by atoms with E-state index in [1.807, 2.05) is 12.1 Å². The summed E-state index contributed by atoms with van der Waals surface area (Å²) in [6.45, 7) is 2.70. The van der Waals surface area contributed by atoms with Crippen molar-refractivity contribution in [3.63, 3.8) is 0 Å². The highest BCUT2D eigenvalue weighted by Gasteiger charge is 2.16.